The van der Waals surface area contributed by atoms with E-state index in [-0.39, 0.29) is 6.04 Å². The lowest BCUT2D eigenvalue weighted by molar-refractivity contribution is 0.560. The second-order valence-corrected chi connectivity index (χ2v) is 5.81. The Hall–Kier alpha value is -0.810. The zero-order valence-corrected chi connectivity index (χ0v) is 11.7. The Balaban J connectivity index is 2.07. The van der Waals surface area contributed by atoms with Gasteiger partial charge in [0, 0.05) is 27.2 Å². The van der Waals surface area contributed by atoms with Crippen LogP contribution in [0, 0.1) is 3.57 Å². The highest BCUT2D eigenvalue weighted by Gasteiger charge is 2.20. The van der Waals surface area contributed by atoms with E-state index >= 15 is 0 Å². The molecular formula is C14H15IN2. The average molecular weight is 338 g/mol. The first-order valence-corrected chi connectivity index (χ1v) is 7.05. The summed E-state index contributed by atoms with van der Waals surface area (Å²) in [6.45, 7) is 0. The predicted octanol–water partition coefficient (Wildman–Crippen LogP) is 3.42. The summed E-state index contributed by atoms with van der Waals surface area (Å²) in [6.07, 6.45) is 5.60. The van der Waals surface area contributed by atoms with Gasteiger partial charge in [0.1, 0.15) is 0 Å². The highest BCUT2D eigenvalue weighted by atomic mass is 127. The van der Waals surface area contributed by atoms with Gasteiger partial charge in [0.15, 0.2) is 0 Å². The van der Waals surface area contributed by atoms with Crippen molar-refractivity contribution >= 4 is 22.6 Å². The summed E-state index contributed by atoms with van der Waals surface area (Å²) in [6, 6.07) is 11.0. The van der Waals surface area contributed by atoms with Gasteiger partial charge in [-0.25, -0.2) is 0 Å². The molecule has 1 aromatic heterocycles. The number of hydrogen-bond acceptors (Lipinski definition) is 1. The van der Waals surface area contributed by atoms with E-state index in [9.17, 15) is 0 Å². The van der Waals surface area contributed by atoms with Crippen LogP contribution in [0.2, 0.25) is 0 Å². The minimum atomic E-state index is 0.226. The van der Waals surface area contributed by atoms with Crippen molar-refractivity contribution in [3.8, 4) is 5.69 Å². The maximum Gasteiger partial charge on any atom is 0.0453 e. The molecule has 0 saturated heterocycles. The molecule has 88 valence electrons. The number of halogens is 1. The minimum Gasteiger partial charge on any atom is -0.324 e. The largest absolute Gasteiger partial charge is 0.324 e. The van der Waals surface area contributed by atoms with E-state index in [2.05, 4.69) is 63.7 Å². The van der Waals surface area contributed by atoms with Crippen molar-refractivity contribution in [1.82, 2.24) is 4.57 Å². The Morgan fingerprint density at radius 1 is 1.18 bits per heavy atom. The van der Waals surface area contributed by atoms with Crippen LogP contribution in [0.25, 0.3) is 5.69 Å². The molecule has 2 N–H and O–H groups in total. The van der Waals surface area contributed by atoms with E-state index in [1.54, 1.807) is 0 Å². The fourth-order valence-electron chi connectivity index (χ4n) is 2.57. The zero-order chi connectivity index (χ0) is 11.8. The van der Waals surface area contributed by atoms with E-state index in [1.165, 1.54) is 26.9 Å². The van der Waals surface area contributed by atoms with Crippen molar-refractivity contribution < 1.29 is 0 Å². The molecule has 0 saturated carbocycles. The number of nitrogens with two attached hydrogens (primary N) is 1. The van der Waals surface area contributed by atoms with Crippen LogP contribution in [-0.2, 0) is 6.42 Å². The van der Waals surface area contributed by atoms with Gasteiger partial charge in [-0.1, -0.05) is 0 Å². The van der Waals surface area contributed by atoms with Crippen LogP contribution in [0.5, 0.6) is 0 Å². The molecule has 0 amide bonds. The van der Waals surface area contributed by atoms with Crippen LogP contribution in [0.15, 0.2) is 36.5 Å². The quantitative estimate of drug-likeness (QED) is 0.794. The molecule has 3 rings (SSSR count). The van der Waals surface area contributed by atoms with Crippen LogP contribution >= 0.6 is 22.6 Å². The van der Waals surface area contributed by atoms with E-state index in [0.29, 0.717) is 0 Å². The number of nitrogens with zero attached hydrogens (tertiary/aromatic N) is 1. The Kier molecular flexibility index (Phi) is 2.96. The van der Waals surface area contributed by atoms with Gasteiger partial charge < -0.3 is 10.3 Å². The lowest BCUT2D eigenvalue weighted by Crippen LogP contribution is -2.17. The molecule has 1 aliphatic rings. The zero-order valence-electron chi connectivity index (χ0n) is 9.57. The Morgan fingerprint density at radius 2 is 1.94 bits per heavy atom. The van der Waals surface area contributed by atoms with Gasteiger partial charge in [0.25, 0.3) is 0 Å². The smallest absolute Gasteiger partial charge is 0.0453 e. The highest BCUT2D eigenvalue weighted by molar-refractivity contribution is 14.1. The molecule has 0 bridgehead atoms. The molecule has 0 aliphatic heterocycles. The van der Waals surface area contributed by atoms with Gasteiger partial charge in [-0.2, -0.15) is 0 Å². The van der Waals surface area contributed by atoms with Crippen LogP contribution in [0.1, 0.15) is 30.1 Å². The predicted molar refractivity (Wildman–Crippen MR) is 78.4 cm³/mol. The lowest BCUT2D eigenvalue weighted by atomic mass is 9.93. The summed E-state index contributed by atoms with van der Waals surface area (Å²) < 4.78 is 3.55. The van der Waals surface area contributed by atoms with Crippen LogP contribution in [-0.4, -0.2) is 4.57 Å². The molecule has 1 heterocycles. The highest BCUT2D eigenvalue weighted by Crippen LogP contribution is 2.30. The molecule has 17 heavy (non-hydrogen) atoms. The first kappa shape index (κ1) is 11.3. The number of benzene rings is 1. The maximum atomic E-state index is 6.15. The molecular weight excluding hydrogens is 323 g/mol. The summed E-state index contributed by atoms with van der Waals surface area (Å²) in [5, 5.41) is 0. The van der Waals surface area contributed by atoms with Gasteiger partial charge in [0.05, 0.1) is 0 Å². The molecule has 0 radical (unpaired) electrons. The first-order chi connectivity index (χ1) is 8.25. The minimum absolute atomic E-state index is 0.226. The summed E-state index contributed by atoms with van der Waals surface area (Å²) in [5.74, 6) is 0. The number of rotatable bonds is 1. The van der Waals surface area contributed by atoms with Gasteiger partial charge in [-0.3, -0.25) is 0 Å². The van der Waals surface area contributed by atoms with E-state index in [0.717, 1.165) is 12.8 Å². The van der Waals surface area contributed by atoms with Crippen molar-refractivity contribution in [3.63, 3.8) is 0 Å². The lowest BCUT2D eigenvalue weighted by Gasteiger charge is -2.21. The van der Waals surface area contributed by atoms with Crippen LogP contribution < -0.4 is 5.73 Å². The van der Waals surface area contributed by atoms with Crippen molar-refractivity contribution in [3.05, 3.63) is 51.4 Å². The van der Waals surface area contributed by atoms with Crippen LogP contribution in [0.3, 0.4) is 0 Å². The normalized spacial score (nSPS) is 19.1. The van der Waals surface area contributed by atoms with Gasteiger partial charge in [0.2, 0.25) is 0 Å². The molecule has 1 aromatic carbocycles. The number of hydrogen-bond donors (Lipinski definition) is 1. The van der Waals surface area contributed by atoms with Gasteiger partial charge in [-0.05, 0) is 77.7 Å². The number of fused-ring (bicyclic) bond motifs is 1. The van der Waals surface area contributed by atoms with Crippen LogP contribution in [0.4, 0.5) is 0 Å². The van der Waals surface area contributed by atoms with Gasteiger partial charge in [-0.15, -0.1) is 0 Å². The Bertz CT molecular complexity index is 528. The molecule has 1 unspecified atom stereocenters. The summed E-state index contributed by atoms with van der Waals surface area (Å²) in [7, 11) is 0. The van der Waals surface area contributed by atoms with Gasteiger partial charge >= 0.3 is 0 Å². The fraction of sp³-hybridized carbons (Fsp3) is 0.286. The standard InChI is InChI=1S/C14H15IN2/c15-10-4-6-11(7-5-10)17-9-8-12-13(16)2-1-3-14(12)17/h4-9,13H,1-3,16H2. The average Bonchev–Trinajstić information content (AvgIpc) is 2.75. The van der Waals surface area contributed by atoms with Crippen molar-refractivity contribution in [1.29, 1.82) is 0 Å². The second kappa shape index (κ2) is 4.46. The first-order valence-electron chi connectivity index (χ1n) is 5.97. The monoisotopic (exact) mass is 338 g/mol. The number of aromatic nitrogens is 1. The van der Waals surface area contributed by atoms with E-state index in [1.807, 2.05) is 0 Å². The molecule has 2 aromatic rings. The third kappa shape index (κ3) is 2.02. The summed E-state index contributed by atoms with van der Waals surface area (Å²) >= 11 is 2.33. The van der Waals surface area contributed by atoms with E-state index < -0.39 is 0 Å². The Morgan fingerprint density at radius 3 is 2.71 bits per heavy atom. The second-order valence-electron chi connectivity index (χ2n) is 4.56. The SMILES string of the molecule is NC1CCCc2c1ccn2-c1ccc(I)cc1. The molecule has 2 nitrogen and oxygen atoms in total. The van der Waals surface area contributed by atoms with E-state index in [4.69, 9.17) is 5.73 Å². The topological polar surface area (TPSA) is 30.9 Å². The summed E-state index contributed by atoms with van der Waals surface area (Å²) in [5.41, 5.74) is 10.1. The Labute approximate surface area is 115 Å². The van der Waals surface area contributed by atoms with Crippen molar-refractivity contribution in [2.45, 2.75) is 25.3 Å². The third-order valence-corrected chi connectivity index (χ3v) is 4.18. The maximum absolute atomic E-state index is 6.15. The van der Waals surface area contributed by atoms with Crippen molar-refractivity contribution in [2.24, 2.45) is 5.73 Å². The molecule has 0 spiro atoms. The summed E-state index contributed by atoms with van der Waals surface area (Å²) in [4.78, 5) is 0. The van der Waals surface area contributed by atoms with Crippen molar-refractivity contribution in [2.75, 3.05) is 0 Å². The molecule has 0 fully saturated rings. The molecule has 1 aliphatic carbocycles. The fourth-order valence-corrected chi connectivity index (χ4v) is 2.93. The molecule has 3 heteroatoms. The third-order valence-electron chi connectivity index (χ3n) is 3.46. The molecule has 1 atom stereocenters.